The van der Waals surface area contributed by atoms with Gasteiger partial charge in [-0.2, -0.15) is 13.2 Å². The number of benzene rings is 1. The molecular formula is C20H25F3N4O3. The third-order valence-electron chi connectivity index (χ3n) is 4.97. The highest BCUT2D eigenvalue weighted by molar-refractivity contribution is 5.69. The van der Waals surface area contributed by atoms with Crippen molar-refractivity contribution in [2.24, 2.45) is 0 Å². The molecule has 1 aromatic heterocycles. The lowest BCUT2D eigenvalue weighted by Crippen LogP contribution is -2.37. The third kappa shape index (κ3) is 5.37. The van der Waals surface area contributed by atoms with Gasteiger partial charge in [-0.05, 0) is 44.9 Å². The number of anilines is 1. The Labute approximate surface area is 172 Å². The number of rotatable bonds is 7. The molecule has 10 heteroatoms. The summed E-state index contributed by atoms with van der Waals surface area (Å²) in [6.45, 7) is 3.62. The molecule has 2 atom stereocenters. The van der Waals surface area contributed by atoms with E-state index < -0.39 is 17.8 Å². The number of alkyl halides is 3. The van der Waals surface area contributed by atoms with Crippen molar-refractivity contribution in [2.75, 3.05) is 18.7 Å². The topological polar surface area (TPSA) is 89.4 Å². The van der Waals surface area contributed by atoms with Gasteiger partial charge >= 0.3 is 6.18 Å². The Morgan fingerprint density at radius 3 is 2.63 bits per heavy atom. The smallest absolute Gasteiger partial charge is 0.416 e. The normalized spacial score (nSPS) is 19.5. The Kier molecular flexibility index (Phi) is 7.09. The lowest BCUT2D eigenvalue weighted by molar-refractivity contribution is -0.137. The molecule has 1 aliphatic rings. The first-order chi connectivity index (χ1) is 14.3. The lowest BCUT2D eigenvalue weighted by atomic mass is 9.93. The minimum atomic E-state index is -4.50. The quantitative estimate of drug-likeness (QED) is 0.512. The number of aliphatic hydroxyl groups is 1. The third-order valence-corrected chi connectivity index (χ3v) is 4.97. The van der Waals surface area contributed by atoms with Gasteiger partial charge in [-0.1, -0.05) is 12.8 Å². The Bertz CT molecular complexity index is 864. The highest BCUT2D eigenvalue weighted by Crippen LogP contribution is 2.37. The summed E-state index contributed by atoms with van der Waals surface area (Å²) in [6.07, 6.45) is -1.47. The van der Waals surface area contributed by atoms with E-state index in [9.17, 15) is 18.3 Å². The minimum Gasteiger partial charge on any atom is -0.467 e. The van der Waals surface area contributed by atoms with Crippen molar-refractivity contribution in [2.45, 2.75) is 57.9 Å². The molecule has 1 aromatic carbocycles. The van der Waals surface area contributed by atoms with Gasteiger partial charge in [-0.3, -0.25) is 0 Å². The van der Waals surface area contributed by atoms with Crippen molar-refractivity contribution in [3.63, 3.8) is 0 Å². The van der Waals surface area contributed by atoms with Crippen molar-refractivity contribution < 1.29 is 27.8 Å². The van der Waals surface area contributed by atoms with Gasteiger partial charge < -0.3 is 19.9 Å². The van der Waals surface area contributed by atoms with Gasteiger partial charge in [-0.15, -0.1) is 10.2 Å². The van der Waals surface area contributed by atoms with E-state index in [1.165, 1.54) is 6.07 Å². The lowest BCUT2D eigenvalue weighted by Gasteiger charge is -2.28. The van der Waals surface area contributed by atoms with Crippen molar-refractivity contribution in [1.82, 2.24) is 15.2 Å². The van der Waals surface area contributed by atoms with Crippen molar-refractivity contribution >= 4 is 5.95 Å². The van der Waals surface area contributed by atoms with Gasteiger partial charge in [0.1, 0.15) is 11.4 Å². The number of hydrogen-bond donors (Lipinski definition) is 2. The maximum absolute atomic E-state index is 13.1. The van der Waals surface area contributed by atoms with Gasteiger partial charge in [0.25, 0.3) is 0 Å². The van der Waals surface area contributed by atoms with E-state index in [0.29, 0.717) is 30.0 Å². The summed E-state index contributed by atoms with van der Waals surface area (Å²) in [5.74, 6) is 0.256. The van der Waals surface area contributed by atoms with E-state index in [2.05, 4.69) is 20.5 Å². The maximum Gasteiger partial charge on any atom is 0.416 e. The van der Waals surface area contributed by atoms with E-state index in [-0.39, 0.29) is 24.5 Å². The van der Waals surface area contributed by atoms with E-state index in [0.717, 1.165) is 31.4 Å². The number of ether oxygens (including phenoxy) is 2. The van der Waals surface area contributed by atoms with Crippen LogP contribution in [0, 0.1) is 6.92 Å². The molecule has 2 aromatic rings. The summed E-state index contributed by atoms with van der Waals surface area (Å²) in [4.78, 5) is 4.38. The summed E-state index contributed by atoms with van der Waals surface area (Å²) in [6, 6.07) is 3.02. The van der Waals surface area contributed by atoms with Crippen LogP contribution in [0.25, 0.3) is 11.3 Å². The average Bonchev–Trinajstić information content (AvgIpc) is 2.70. The van der Waals surface area contributed by atoms with Crippen molar-refractivity contribution in [3.05, 3.63) is 29.5 Å². The molecule has 1 saturated carbocycles. The Hall–Kier alpha value is -2.46. The molecule has 1 fully saturated rings. The van der Waals surface area contributed by atoms with Crippen LogP contribution in [0.1, 0.15) is 43.9 Å². The average molecular weight is 426 g/mol. The van der Waals surface area contributed by atoms with Crippen LogP contribution < -0.4 is 10.1 Å². The summed E-state index contributed by atoms with van der Waals surface area (Å²) in [5, 5.41) is 21.4. The predicted octanol–water partition coefficient (Wildman–Crippen LogP) is 3.95. The number of nitrogens with zero attached hydrogens (tertiary/aromatic N) is 3. The summed E-state index contributed by atoms with van der Waals surface area (Å²) >= 11 is 0. The highest BCUT2D eigenvalue weighted by Gasteiger charge is 2.32. The molecule has 164 valence electrons. The maximum atomic E-state index is 13.1. The van der Waals surface area contributed by atoms with Crippen LogP contribution in [-0.4, -0.2) is 45.8 Å². The second kappa shape index (κ2) is 9.57. The van der Waals surface area contributed by atoms with Crippen LogP contribution >= 0.6 is 0 Å². The van der Waals surface area contributed by atoms with Gasteiger partial charge in [0.2, 0.25) is 5.95 Å². The molecule has 0 amide bonds. The van der Waals surface area contributed by atoms with E-state index in [4.69, 9.17) is 9.47 Å². The van der Waals surface area contributed by atoms with Gasteiger partial charge in [0, 0.05) is 12.2 Å². The first kappa shape index (κ1) is 22.2. The summed E-state index contributed by atoms with van der Waals surface area (Å²) < 4.78 is 49.9. The minimum absolute atomic E-state index is 0.0131. The zero-order valence-corrected chi connectivity index (χ0v) is 16.9. The van der Waals surface area contributed by atoms with Crippen LogP contribution in [0.15, 0.2) is 18.2 Å². The predicted molar refractivity (Wildman–Crippen MR) is 104 cm³/mol. The number of halogens is 3. The number of hydrogen-bond acceptors (Lipinski definition) is 7. The summed E-state index contributed by atoms with van der Waals surface area (Å²) in [7, 11) is 0. The van der Waals surface area contributed by atoms with Crippen LogP contribution in [0.4, 0.5) is 19.1 Å². The molecule has 1 heterocycles. The van der Waals surface area contributed by atoms with Crippen molar-refractivity contribution in [1.29, 1.82) is 0 Å². The standard InChI is InChI=1S/C20H25F3N4O3/c1-3-29-11-30-17-10-13(20(21,22)23)8-9-14(17)18-12(2)24-19(27-26-18)25-15-6-4-5-7-16(15)28/h8-10,15-16,28H,3-7,11H2,1-2H3,(H,24,25,27)/t15-,16-/m1/s1. The SMILES string of the molecule is CCOCOc1cc(C(F)(F)F)ccc1-c1nnc(N[C@@H]2CCCC[C@H]2O)nc1C. The summed E-state index contributed by atoms with van der Waals surface area (Å²) in [5.41, 5.74) is 0.286. The Balaban J connectivity index is 1.88. The first-order valence-corrected chi connectivity index (χ1v) is 9.87. The number of aryl methyl sites for hydroxylation is 1. The molecule has 30 heavy (non-hydrogen) atoms. The fourth-order valence-electron chi connectivity index (χ4n) is 3.36. The fraction of sp³-hybridized carbons (Fsp3) is 0.550. The van der Waals surface area contributed by atoms with Gasteiger partial charge in [0.05, 0.1) is 23.4 Å². The molecule has 3 rings (SSSR count). The fourth-order valence-corrected chi connectivity index (χ4v) is 3.36. The molecule has 2 N–H and O–H groups in total. The monoisotopic (exact) mass is 426 g/mol. The molecule has 7 nitrogen and oxygen atoms in total. The molecule has 1 aliphatic carbocycles. The van der Waals surface area contributed by atoms with Crippen LogP contribution in [-0.2, 0) is 10.9 Å². The van der Waals surface area contributed by atoms with Gasteiger partial charge in [0.15, 0.2) is 6.79 Å². The molecule has 0 unspecified atom stereocenters. The molecule has 0 spiro atoms. The Morgan fingerprint density at radius 1 is 1.20 bits per heavy atom. The zero-order valence-electron chi connectivity index (χ0n) is 16.9. The molecule has 0 radical (unpaired) electrons. The highest BCUT2D eigenvalue weighted by atomic mass is 19.4. The molecule has 0 saturated heterocycles. The van der Waals surface area contributed by atoms with E-state index in [1.807, 2.05) is 0 Å². The van der Waals surface area contributed by atoms with Crippen LogP contribution in [0.5, 0.6) is 5.75 Å². The molecule has 0 aliphatic heterocycles. The first-order valence-electron chi connectivity index (χ1n) is 9.87. The Morgan fingerprint density at radius 2 is 1.97 bits per heavy atom. The largest absolute Gasteiger partial charge is 0.467 e. The molecular weight excluding hydrogens is 401 g/mol. The number of nitrogens with one attached hydrogen (secondary N) is 1. The number of aromatic nitrogens is 3. The van der Waals surface area contributed by atoms with Crippen molar-refractivity contribution in [3.8, 4) is 17.0 Å². The second-order valence-corrected chi connectivity index (χ2v) is 7.14. The zero-order chi connectivity index (χ0) is 21.7. The van der Waals surface area contributed by atoms with Gasteiger partial charge in [-0.25, -0.2) is 4.98 Å². The van der Waals surface area contributed by atoms with E-state index >= 15 is 0 Å². The second-order valence-electron chi connectivity index (χ2n) is 7.14. The van der Waals surface area contributed by atoms with Crippen LogP contribution in [0.2, 0.25) is 0 Å². The van der Waals surface area contributed by atoms with E-state index in [1.54, 1.807) is 13.8 Å². The molecule has 0 bridgehead atoms. The van der Waals surface area contributed by atoms with Crippen LogP contribution in [0.3, 0.4) is 0 Å². The number of aliphatic hydroxyl groups excluding tert-OH is 1.